The van der Waals surface area contributed by atoms with Gasteiger partial charge in [-0.25, -0.2) is 4.39 Å². The molecule has 0 aliphatic carbocycles. The summed E-state index contributed by atoms with van der Waals surface area (Å²) in [4.78, 5) is 0. The largest absolute Gasteiger partial charge is 0.489 e. The third-order valence-corrected chi connectivity index (χ3v) is 2.68. The van der Waals surface area contributed by atoms with Crippen molar-refractivity contribution in [1.82, 2.24) is 0 Å². The predicted octanol–water partition coefficient (Wildman–Crippen LogP) is 3.05. The lowest BCUT2D eigenvalue weighted by molar-refractivity contribution is 0.305. The zero-order valence-electron chi connectivity index (χ0n) is 10.3. The van der Waals surface area contributed by atoms with Gasteiger partial charge in [-0.05, 0) is 35.4 Å². The molecule has 0 spiro atoms. The summed E-state index contributed by atoms with van der Waals surface area (Å²) in [6.07, 6.45) is 0.378. The molecule has 3 nitrogen and oxygen atoms in total. The van der Waals surface area contributed by atoms with Gasteiger partial charge in [0.05, 0.1) is 18.2 Å². The molecule has 0 bridgehead atoms. The van der Waals surface area contributed by atoms with Crippen LogP contribution in [-0.2, 0) is 13.0 Å². The summed E-state index contributed by atoms with van der Waals surface area (Å²) in [5.41, 5.74) is 7.18. The normalized spacial score (nSPS) is 9.89. The maximum Gasteiger partial charge on any atom is 0.146 e. The van der Waals surface area contributed by atoms with E-state index in [1.54, 1.807) is 18.2 Å². The van der Waals surface area contributed by atoms with Crippen LogP contribution < -0.4 is 10.5 Å². The van der Waals surface area contributed by atoms with Gasteiger partial charge in [0.2, 0.25) is 0 Å². The van der Waals surface area contributed by atoms with Gasteiger partial charge in [0.1, 0.15) is 18.2 Å². The SMILES string of the molecule is N#CCc1ccc(OCc2ccc(N)c(F)c2)cc1. The molecule has 0 aliphatic rings. The third-order valence-electron chi connectivity index (χ3n) is 2.68. The molecule has 2 N–H and O–H groups in total. The fraction of sp³-hybridized carbons (Fsp3) is 0.133. The van der Waals surface area contributed by atoms with Crippen LogP contribution in [0.15, 0.2) is 42.5 Å². The summed E-state index contributed by atoms with van der Waals surface area (Å²) in [6, 6.07) is 13.9. The van der Waals surface area contributed by atoms with Gasteiger partial charge in [-0.1, -0.05) is 18.2 Å². The summed E-state index contributed by atoms with van der Waals surface area (Å²) in [6.45, 7) is 0.273. The van der Waals surface area contributed by atoms with E-state index in [2.05, 4.69) is 6.07 Å². The number of nitrogen functional groups attached to an aromatic ring is 1. The smallest absolute Gasteiger partial charge is 0.146 e. The molecule has 0 saturated carbocycles. The lowest BCUT2D eigenvalue weighted by Crippen LogP contribution is -1.98. The lowest BCUT2D eigenvalue weighted by atomic mass is 10.1. The van der Waals surface area contributed by atoms with Crippen LogP contribution in [0.3, 0.4) is 0 Å². The lowest BCUT2D eigenvalue weighted by Gasteiger charge is -2.07. The number of hydrogen-bond acceptors (Lipinski definition) is 3. The van der Waals surface area contributed by atoms with E-state index < -0.39 is 5.82 Å². The highest BCUT2D eigenvalue weighted by Crippen LogP contribution is 2.16. The molecule has 4 heteroatoms. The standard InChI is InChI=1S/C15H13FN2O/c16-14-9-12(3-6-15(14)18)10-19-13-4-1-11(2-5-13)7-8-17/h1-6,9H,7,10,18H2. The first kappa shape index (κ1) is 12.9. The minimum atomic E-state index is -0.439. The number of rotatable bonds is 4. The Kier molecular flexibility index (Phi) is 3.99. The van der Waals surface area contributed by atoms with Crippen LogP contribution in [0.1, 0.15) is 11.1 Å². The molecule has 0 radical (unpaired) electrons. The van der Waals surface area contributed by atoms with Gasteiger partial charge < -0.3 is 10.5 Å². The Bertz CT molecular complexity index is 603. The predicted molar refractivity (Wildman–Crippen MR) is 70.9 cm³/mol. The van der Waals surface area contributed by atoms with Gasteiger partial charge in [-0.15, -0.1) is 0 Å². The molecule has 0 fully saturated rings. The Hall–Kier alpha value is -2.54. The molecule has 96 valence electrons. The van der Waals surface area contributed by atoms with Crippen LogP contribution in [-0.4, -0.2) is 0 Å². The Morgan fingerprint density at radius 2 is 1.79 bits per heavy atom. The van der Waals surface area contributed by atoms with Gasteiger partial charge in [0, 0.05) is 0 Å². The van der Waals surface area contributed by atoms with E-state index in [1.165, 1.54) is 12.1 Å². The van der Waals surface area contributed by atoms with Gasteiger partial charge in [0.25, 0.3) is 0 Å². The Morgan fingerprint density at radius 1 is 1.11 bits per heavy atom. The average Bonchev–Trinajstić information content (AvgIpc) is 2.42. The number of nitriles is 1. The molecule has 19 heavy (non-hydrogen) atoms. The van der Waals surface area contributed by atoms with E-state index in [0.717, 1.165) is 5.56 Å². The van der Waals surface area contributed by atoms with Crippen molar-refractivity contribution < 1.29 is 9.13 Å². The second-order valence-electron chi connectivity index (χ2n) is 4.12. The number of halogens is 1. The molecule has 2 aromatic carbocycles. The Balaban J connectivity index is 1.98. The van der Waals surface area contributed by atoms with Crippen molar-refractivity contribution in [3.05, 3.63) is 59.4 Å². The number of hydrogen-bond donors (Lipinski definition) is 1. The summed E-state index contributed by atoms with van der Waals surface area (Å²) < 4.78 is 18.8. The second-order valence-corrected chi connectivity index (χ2v) is 4.12. The third kappa shape index (κ3) is 3.46. The van der Waals surface area contributed by atoms with E-state index in [4.69, 9.17) is 15.7 Å². The molecule has 0 unspecified atom stereocenters. The number of ether oxygens (including phenoxy) is 1. The topological polar surface area (TPSA) is 59.0 Å². The summed E-state index contributed by atoms with van der Waals surface area (Å²) >= 11 is 0. The van der Waals surface area contributed by atoms with Gasteiger partial charge in [0.15, 0.2) is 0 Å². The number of nitrogens with zero attached hydrogens (tertiary/aromatic N) is 1. The Labute approximate surface area is 111 Å². The first-order chi connectivity index (χ1) is 9.19. The second kappa shape index (κ2) is 5.87. The van der Waals surface area contributed by atoms with Crippen molar-refractivity contribution in [3.8, 4) is 11.8 Å². The molecule has 2 aromatic rings. The molecule has 0 aliphatic heterocycles. The highest BCUT2D eigenvalue weighted by molar-refractivity contribution is 5.41. The highest BCUT2D eigenvalue weighted by Gasteiger charge is 2.01. The van der Waals surface area contributed by atoms with Gasteiger partial charge in [-0.2, -0.15) is 5.26 Å². The molecule has 0 saturated heterocycles. The molecule has 0 atom stereocenters. The molecular formula is C15H13FN2O. The summed E-state index contributed by atoms with van der Waals surface area (Å²) in [5, 5.41) is 8.56. The van der Waals surface area contributed by atoms with Crippen molar-refractivity contribution in [2.45, 2.75) is 13.0 Å². The number of anilines is 1. The average molecular weight is 256 g/mol. The zero-order chi connectivity index (χ0) is 13.7. The maximum absolute atomic E-state index is 13.2. The first-order valence-electron chi connectivity index (χ1n) is 5.81. The fourth-order valence-corrected chi connectivity index (χ4v) is 1.62. The van der Waals surface area contributed by atoms with Crippen molar-refractivity contribution in [2.24, 2.45) is 0 Å². The quantitative estimate of drug-likeness (QED) is 0.855. The number of nitrogens with two attached hydrogens (primary N) is 1. The minimum absolute atomic E-state index is 0.129. The Morgan fingerprint density at radius 3 is 2.42 bits per heavy atom. The number of benzene rings is 2. The van der Waals surface area contributed by atoms with Crippen LogP contribution in [0, 0.1) is 17.1 Å². The van der Waals surface area contributed by atoms with E-state index in [-0.39, 0.29) is 12.3 Å². The van der Waals surface area contributed by atoms with Crippen LogP contribution in [0.2, 0.25) is 0 Å². The van der Waals surface area contributed by atoms with Crippen LogP contribution >= 0.6 is 0 Å². The first-order valence-corrected chi connectivity index (χ1v) is 5.81. The van der Waals surface area contributed by atoms with Gasteiger partial charge >= 0.3 is 0 Å². The molecule has 2 rings (SSSR count). The fourth-order valence-electron chi connectivity index (χ4n) is 1.62. The van der Waals surface area contributed by atoms with Gasteiger partial charge in [-0.3, -0.25) is 0 Å². The highest BCUT2D eigenvalue weighted by atomic mass is 19.1. The van der Waals surface area contributed by atoms with E-state index in [0.29, 0.717) is 17.7 Å². The van der Waals surface area contributed by atoms with Crippen molar-refractivity contribution in [2.75, 3.05) is 5.73 Å². The van der Waals surface area contributed by atoms with Crippen LogP contribution in [0.25, 0.3) is 0 Å². The van der Waals surface area contributed by atoms with Crippen LogP contribution in [0.5, 0.6) is 5.75 Å². The van der Waals surface area contributed by atoms with Crippen LogP contribution in [0.4, 0.5) is 10.1 Å². The van der Waals surface area contributed by atoms with Crippen molar-refractivity contribution in [3.63, 3.8) is 0 Å². The summed E-state index contributed by atoms with van der Waals surface area (Å²) in [7, 11) is 0. The molecular weight excluding hydrogens is 243 g/mol. The van der Waals surface area contributed by atoms with E-state index in [9.17, 15) is 4.39 Å². The maximum atomic E-state index is 13.2. The summed E-state index contributed by atoms with van der Waals surface area (Å²) in [5.74, 6) is 0.240. The molecule has 0 aromatic heterocycles. The molecule has 0 heterocycles. The van der Waals surface area contributed by atoms with E-state index >= 15 is 0 Å². The molecule has 0 amide bonds. The van der Waals surface area contributed by atoms with Crippen molar-refractivity contribution in [1.29, 1.82) is 5.26 Å². The monoisotopic (exact) mass is 256 g/mol. The van der Waals surface area contributed by atoms with E-state index in [1.807, 2.05) is 12.1 Å². The minimum Gasteiger partial charge on any atom is -0.489 e. The zero-order valence-corrected chi connectivity index (χ0v) is 10.3. The van der Waals surface area contributed by atoms with Crippen molar-refractivity contribution >= 4 is 5.69 Å².